The molecule has 1 aromatic carbocycles. The van der Waals surface area contributed by atoms with Crippen molar-refractivity contribution in [3.8, 4) is 0 Å². The van der Waals surface area contributed by atoms with Crippen molar-refractivity contribution < 1.29 is 9.59 Å². The van der Waals surface area contributed by atoms with Gasteiger partial charge in [0.15, 0.2) is 0 Å². The van der Waals surface area contributed by atoms with Crippen LogP contribution in [0.2, 0.25) is 0 Å². The lowest BCUT2D eigenvalue weighted by Crippen LogP contribution is -2.56. The molecule has 6 heteroatoms. The highest BCUT2D eigenvalue weighted by Crippen LogP contribution is 2.15. The second-order valence-corrected chi connectivity index (χ2v) is 4.98. The second-order valence-electron chi connectivity index (χ2n) is 4.98. The minimum absolute atomic E-state index is 0.0285. The van der Waals surface area contributed by atoms with E-state index in [-0.39, 0.29) is 24.4 Å². The standard InChI is InChI=1S/C14H20N4O2/c1-10-14(20)16-7-8-18(10)9-13(19)17(2)12-5-3-11(15)4-6-12/h3-6,10H,7-9,15H2,1-2H3,(H,16,20). The number of likely N-dealkylation sites (N-methyl/N-ethyl adjacent to an activating group) is 1. The minimum Gasteiger partial charge on any atom is -0.399 e. The third-order valence-electron chi connectivity index (χ3n) is 3.62. The molecule has 1 aromatic rings. The Morgan fingerprint density at radius 3 is 2.75 bits per heavy atom. The molecular weight excluding hydrogens is 256 g/mol. The Morgan fingerprint density at radius 1 is 1.45 bits per heavy atom. The van der Waals surface area contributed by atoms with E-state index in [2.05, 4.69) is 5.32 Å². The summed E-state index contributed by atoms with van der Waals surface area (Å²) in [5.41, 5.74) is 7.08. The van der Waals surface area contributed by atoms with Gasteiger partial charge in [0.2, 0.25) is 11.8 Å². The van der Waals surface area contributed by atoms with Crippen LogP contribution < -0.4 is 16.0 Å². The summed E-state index contributed by atoms with van der Waals surface area (Å²) >= 11 is 0. The molecule has 0 aliphatic carbocycles. The van der Waals surface area contributed by atoms with Gasteiger partial charge in [-0.15, -0.1) is 0 Å². The summed E-state index contributed by atoms with van der Waals surface area (Å²) in [6.45, 7) is 3.32. The van der Waals surface area contributed by atoms with E-state index in [4.69, 9.17) is 5.73 Å². The molecule has 1 aliphatic heterocycles. The smallest absolute Gasteiger partial charge is 0.240 e. The van der Waals surface area contributed by atoms with Gasteiger partial charge in [-0.25, -0.2) is 0 Å². The summed E-state index contributed by atoms with van der Waals surface area (Å²) in [4.78, 5) is 27.3. The molecule has 2 rings (SSSR count). The number of benzene rings is 1. The van der Waals surface area contributed by atoms with Crippen molar-refractivity contribution in [3.63, 3.8) is 0 Å². The van der Waals surface area contributed by atoms with Crippen LogP contribution in [0.1, 0.15) is 6.92 Å². The van der Waals surface area contributed by atoms with Crippen molar-refractivity contribution in [1.29, 1.82) is 0 Å². The molecule has 3 N–H and O–H groups in total. The van der Waals surface area contributed by atoms with Crippen LogP contribution in [0.15, 0.2) is 24.3 Å². The number of carbonyl (C=O) groups is 2. The Hall–Kier alpha value is -2.08. The van der Waals surface area contributed by atoms with E-state index < -0.39 is 0 Å². The number of hydrogen-bond donors (Lipinski definition) is 2. The molecule has 1 atom stereocenters. The number of nitrogens with zero attached hydrogens (tertiary/aromatic N) is 2. The van der Waals surface area contributed by atoms with Crippen molar-refractivity contribution >= 4 is 23.2 Å². The first-order chi connectivity index (χ1) is 9.49. The number of hydrogen-bond acceptors (Lipinski definition) is 4. The number of amides is 2. The topological polar surface area (TPSA) is 78.7 Å². The highest BCUT2D eigenvalue weighted by molar-refractivity contribution is 5.95. The molecule has 0 aromatic heterocycles. The summed E-state index contributed by atoms with van der Waals surface area (Å²) in [6, 6.07) is 6.86. The third-order valence-corrected chi connectivity index (χ3v) is 3.62. The molecule has 1 aliphatic rings. The lowest BCUT2D eigenvalue weighted by Gasteiger charge is -2.33. The van der Waals surface area contributed by atoms with Gasteiger partial charge in [0.25, 0.3) is 0 Å². The maximum atomic E-state index is 12.3. The van der Waals surface area contributed by atoms with E-state index in [1.165, 1.54) is 0 Å². The maximum absolute atomic E-state index is 12.3. The molecule has 20 heavy (non-hydrogen) atoms. The molecule has 0 spiro atoms. The summed E-state index contributed by atoms with van der Waals surface area (Å²) in [6.07, 6.45) is 0. The van der Waals surface area contributed by atoms with Gasteiger partial charge in [0.05, 0.1) is 12.6 Å². The molecule has 1 unspecified atom stereocenters. The number of rotatable bonds is 3. The van der Waals surface area contributed by atoms with Crippen molar-refractivity contribution in [2.75, 3.05) is 37.3 Å². The molecule has 6 nitrogen and oxygen atoms in total. The van der Waals surface area contributed by atoms with Crippen LogP contribution in [0.5, 0.6) is 0 Å². The summed E-state index contributed by atoms with van der Waals surface area (Å²) < 4.78 is 0. The van der Waals surface area contributed by atoms with Gasteiger partial charge in [-0.1, -0.05) is 0 Å². The number of piperazine rings is 1. The minimum atomic E-state index is -0.271. The van der Waals surface area contributed by atoms with Gasteiger partial charge >= 0.3 is 0 Å². The van der Waals surface area contributed by atoms with Gasteiger partial charge in [-0.05, 0) is 31.2 Å². The first-order valence-electron chi connectivity index (χ1n) is 6.63. The highest BCUT2D eigenvalue weighted by atomic mass is 16.2. The third kappa shape index (κ3) is 3.08. The van der Waals surface area contributed by atoms with Crippen LogP contribution in [0.25, 0.3) is 0 Å². The Bertz CT molecular complexity index is 500. The monoisotopic (exact) mass is 276 g/mol. The van der Waals surface area contributed by atoms with Crippen LogP contribution in [0, 0.1) is 0 Å². The number of carbonyl (C=O) groups excluding carboxylic acids is 2. The quantitative estimate of drug-likeness (QED) is 0.765. The van der Waals surface area contributed by atoms with E-state index in [0.29, 0.717) is 18.8 Å². The van der Waals surface area contributed by atoms with Crippen LogP contribution in [0.4, 0.5) is 11.4 Å². The van der Waals surface area contributed by atoms with Crippen molar-refractivity contribution in [2.45, 2.75) is 13.0 Å². The zero-order chi connectivity index (χ0) is 14.7. The molecule has 2 amide bonds. The molecular formula is C14H20N4O2. The SMILES string of the molecule is CC1C(=O)NCCN1CC(=O)N(C)c1ccc(N)cc1. The number of anilines is 2. The molecule has 1 fully saturated rings. The molecule has 0 saturated carbocycles. The molecule has 108 valence electrons. The second kappa shape index (κ2) is 5.92. The number of nitrogens with one attached hydrogen (secondary N) is 1. The van der Waals surface area contributed by atoms with E-state index in [1.807, 2.05) is 11.8 Å². The highest BCUT2D eigenvalue weighted by Gasteiger charge is 2.27. The molecule has 1 saturated heterocycles. The van der Waals surface area contributed by atoms with E-state index in [9.17, 15) is 9.59 Å². The Balaban J connectivity index is 2.00. The zero-order valence-corrected chi connectivity index (χ0v) is 11.8. The summed E-state index contributed by atoms with van der Waals surface area (Å²) in [5.74, 6) is -0.0736. The van der Waals surface area contributed by atoms with Crippen molar-refractivity contribution in [2.24, 2.45) is 0 Å². The van der Waals surface area contributed by atoms with E-state index in [0.717, 1.165) is 5.69 Å². The van der Waals surface area contributed by atoms with Gasteiger partial charge in [-0.3, -0.25) is 14.5 Å². The van der Waals surface area contributed by atoms with Crippen molar-refractivity contribution in [3.05, 3.63) is 24.3 Å². The number of nitrogen functional groups attached to an aromatic ring is 1. The largest absolute Gasteiger partial charge is 0.399 e. The molecule has 0 radical (unpaired) electrons. The van der Waals surface area contributed by atoms with Crippen LogP contribution in [0.3, 0.4) is 0 Å². The average molecular weight is 276 g/mol. The molecule has 1 heterocycles. The van der Waals surface area contributed by atoms with Gasteiger partial charge in [0.1, 0.15) is 0 Å². The number of nitrogens with two attached hydrogens (primary N) is 1. The Kier molecular flexibility index (Phi) is 4.24. The normalized spacial score (nSPS) is 19.5. The van der Waals surface area contributed by atoms with E-state index >= 15 is 0 Å². The van der Waals surface area contributed by atoms with Crippen LogP contribution in [-0.2, 0) is 9.59 Å². The predicted octanol–water partition coefficient (Wildman–Crippen LogP) is 0.0519. The summed E-state index contributed by atoms with van der Waals surface area (Å²) in [5, 5.41) is 2.78. The fourth-order valence-electron chi connectivity index (χ4n) is 2.17. The lowest BCUT2D eigenvalue weighted by atomic mass is 10.2. The first kappa shape index (κ1) is 14.3. The Labute approximate surface area is 118 Å². The Morgan fingerprint density at radius 2 is 2.10 bits per heavy atom. The van der Waals surface area contributed by atoms with Crippen LogP contribution >= 0.6 is 0 Å². The zero-order valence-electron chi connectivity index (χ0n) is 11.8. The van der Waals surface area contributed by atoms with Gasteiger partial charge in [0, 0.05) is 31.5 Å². The van der Waals surface area contributed by atoms with Gasteiger partial charge < -0.3 is 16.0 Å². The fraction of sp³-hybridized carbons (Fsp3) is 0.429. The fourth-order valence-corrected chi connectivity index (χ4v) is 2.17. The van der Waals surface area contributed by atoms with Crippen LogP contribution in [-0.4, -0.2) is 49.4 Å². The first-order valence-corrected chi connectivity index (χ1v) is 6.63. The predicted molar refractivity (Wildman–Crippen MR) is 78.3 cm³/mol. The molecule has 0 bridgehead atoms. The summed E-state index contributed by atoms with van der Waals surface area (Å²) in [7, 11) is 1.72. The van der Waals surface area contributed by atoms with Gasteiger partial charge in [-0.2, -0.15) is 0 Å². The lowest BCUT2D eigenvalue weighted by molar-refractivity contribution is -0.130. The maximum Gasteiger partial charge on any atom is 0.240 e. The van der Waals surface area contributed by atoms with E-state index in [1.54, 1.807) is 36.2 Å². The van der Waals surface area contributed by atoms with Crippen molar-refractivity contribution in [1.82, 2.24) is 10.2 Å². The average Bonchev–Trinajstić information content (AvgIpc) is 2.44.